The van der Waals surface area contributed by atoms with Crippen LogP contribution in [0.1, 0.15) is 18.6 Å². The van der Waals surface area contributed by atoms with Gasteiger partial charge in [-0.15, -0.1) is 0 Å². The number of aromatic amines is 1. The molecule has 5 aromatic rings. The molecule has 2 aromatic carbocycles. The van der Waals surface area contributed by atoms with Gasteiger partial charge in [0.15, 0.2) is 6.10 Å². The van der Waals surface area contributed by atoms with Crippen molar-refractivity contribution >= 4 is 45.1 Å². The molecule has 0 spiro atoms. The van der Waals surface area contributed by atoms with Crippen molar-refractivity contribution in [3.63, 3.8) is 0 Å². The van der Waals surface area contributed by atoms with Crippen molar-refractivity contribution in [3.05, 3.63) is 88.5 Å². The quantitative estimate of drug-likeness (QED) is 0.312. The van der Waals surface area contributed by atoms with E-state index >= 15 is 0 Å². The zero-order valence-corrected chi connectivity index (χ0v) is 17.4. The van der Waals surface area contributed by atoms with Crippen LogP contribution in [0, 0.1) is 5.82 Å². The zero-order valence-electron chi connectivity index (χ0n) is 15.9. The number of aromatic nitrogens is 3. The third kappa shape index (κ3) is 3.20. The molecule has 0 aliphatic heterocycles. The summed E-state index contributed by atoms with van der Waals surface area (Å²) in [5.74, 6) is -0.535. The number of nitrogens with one attached hydrogen (secondary N) is 1. The number of pyridine rings is 1. The topological polar surface area (TPSA) is 42.8 Å². The number of hydrogen-bond acceptors (Lipinski definition) is 2. The summed E-state index contributed by atoms with van der Waals surface area (Å²) >= 11 is 12.4. The van der Waals surface area contributed by atoms with Crippen molar-refractivity contribution in [2.75, 3.05) is 0 Å². The molecule has 1 N–H and O–H groups in total. The van der Waals surface area contributed by atoms with Crippen LogP contribution >= 0.6 is 23.2 Å². The maximum Gasteiger partial charge on any atom is 0.150 e. The maximum absolute atomic E-state index is 13.9. The predicted molar refractivity (Wildman–Crippen MR) is 118 cm³/mol. The fourth-order valence-electron chi connectivity index (χ4n) is 3.60. The van der Waals surface area contributed by atoms with E-state index in [4.69, 9.17) is 28.0 Å². The van der Waals surface area contributed by atoms with Crippen LogP contribution in [0.15, 0.2) is 67.1 Å². The second kappa shape index (κ2) is 7.35. The molecule has 0 bridgehead atoms. The molecular formula is C23H16Cl2FN3O. The lowest BCUT2D eigenvalue weighted by Gasteiger charge is -2.19. The van der Waals surface area contributed by atoms with E-state index in [9.17, 15) is 4.39 Å². The third-order valence-corrected chi connectivity index (χ3v) is 5.86. The highest BCUT2D eigenvalue weighted by molar-refractivity contribution is 6.36. The molecule has 30 heavy (non-hydrogen) atoms. The van der Waals surface area contributed by atoms with Crippen LogP contribution in [0.25, 0.3) is 33.1 Å². The highest BCUT2D eigenvalue weighted by atomic mass is 35.5. The van der Waals surface area contributed by atoms with E-state index < -0.39 is 11.9 Å². The summed E-state index contributed by atoms with van der Waals surface area (Å²) in [5, 5.41) is 1.46. The Morgan fingerprint density at radius 2 is 1.93 bits per heavy atom. The highest BCUT2D eigenvalue weighted by Gasteiger charge is 2.20. The highest BCUT2D eigenvalue weighted by Crippen LogP contribution is 2.33. The lowest BCUT2D eigenvalue weighted by Crippen LogP contribution is -2.16. The second-order valence-electron chi connectivity index (χ2n) is 7.05. The molecule has 3 heterocycles. The summed E-state index contributed by atoms with van der Waals surface area (Å²) < 4.78 is 15.5. The molecule has 0 saturated carbocycles. The van der Waals surface area contributed by atoms with Gasteiger partial charge in [0, 0.05) is 40.3 Å². The van der Waals surface area contributed by atoms with E-state index in [0.717, 1.165) is 33.1 Å². The molecule has 0 saturated heterocycles. The molecule has 7 heteroatoms. The molecule has 150 valence electrons. The van der Waals surface area contributed by atoms with Gasteiger partial charge in [0.2, 0.25) is 0 Å². The number of halogens is 3. The Morgan fingerprint density at radius 1 is 1.07 bits per heavy atom. The fraction of sp³-hybridized carbons (Fsp3) is 0.0870. The molecule has 5 rings (SSSR count). The Balaban J connectivity index is 1.53. The molecule has 1 atom stereocenters. The number of fused-ring (bicyclic) bond motifs is 2. The predicted octanol–water partition coefficient (Wildman–Crippen LogP) is 6.82. The van der Waals surface area contributed by atoms with E-state index in [-0.39, 0.29) is 5.02 Å². The van der Waals surface area contributed by atoms with E-state index in [1.165, 1.54) is 12.1 Å². The van der Waals surface area contributed by atoms with Gasteiger partial charge in [0.25, 0.3) is 0 Å². The van der Waals surface area contributed by atoms with E-state index in [2.05, 4.69) is 28.2 Å². The Labute approximate surface area is 181 Å². The maximum atomic E-state index is 13.9. The third-order valence-electron chi connectivity index (χ3n) is 5.15. The van der Waals surface area contributed by atoms with Crippen LogP contribution in [-0.4, -0.2) is 14.7 Å². The van der Waals surface area contributed by atoms with Crippen molar-refractivity contribution in [2.24, 2.45) is 0 Å². The Kier molecular flexibility index (Phi) is 4.65. The van der Waals surface area contributed by atoms with Crippen LogP contribution < -0.4 is 4.84 Å². The molecule has 0 aliphatic carbocycles. The van der Waals surface area contributed by atoms with Crippen molar-refractivity contribution < 1.29 is 9.23 Å². The van der Waals surface area contributed by atoms with Gasteiger partial charge in [0.05, 0.1) is 10.5 Å². The summed E-state index contributed by atoms with van der Waals surface area (Å²) in [6.45, 7) is 1.77. The average Bonchev–Trinajstić information content (AvgIpc) is 3.37. The van der Waals surface area contributed by atoms with Crippen LogP contribution in [0.5, 0.6) is 0 Å². The minimum atomic E-state index is -0.574. The van der Waals surface area contributed by atoms with Gasteiger partial charge >= 0.3 is 0 Å². The van der Waals surface area contributed by atoms with Gasteiger partial charge in [-0.2, -0.15) is 4.73 Å². The van der Waals surface area contributed by atoms with Gasteiger partial charge in [-0.3, -0.25) is 4.98 Å². The largest absolute Gasteiger partial charge is 0.406 e. The normalized spacial score (nSPS) is 12.5. The molecule has 0 aliphatic rings. The van der Waals surface area contributed by atoms with Gasteiger partial charge in [-0.05, 0) is 54.3 Å². The van der Waals surface area contributed by atoms with Crippen molar-refractivity contribution in [3.8, 4) is 11.1 Å². The van der Waals surface area contributed by atoms with Crippen LogP contribution in [0.4, 0.5) is 4.39 Å². The van der Waals surface area contributed by atoms with E-state index in [0.29, 0.717) is 10.6 Å². The first kappa shape index (κ1) is 19.0. The number of hydrogen-bond donors (Lipinski definition) is 1. The number of H-pyrrole nitrogens is 1. The SMILES string of the molecule is CC(On1ccc2ncc(-c3ccc4cc[nH]c4c3)cc21)c1c(Cl)ccc(F)c1Cl. The minimum Gasteiger partial charge on any atom is -0.406 e. The molecule has 3 aromatic heterocycles. The Bertz CT molecular complexity index is 1390. The van der Waals surface area contributed by atoms with Gasteiger partial charge in [-0.1, -0.05) is 35.3 Å². The lowest BCUT2D eigenvalue weighted by molar-refractivity contribution is 0.0562. The molecule has 4 nitrogen and oxygen atoms in total. The molecule has 0 radical (unpaired) electrons. The standard InChI is InChI=1S/C23H16Cl2FN3O/c1-13(22-17(24)4-5-18(26)23(22)25)30-29-9-7-19-21(29)11-16(12-28-19)15-3-2-14-6-8-27-20(14)10-15/h2-13,27H,1H3. The number of benzene rings is 2. The van der Waals surface area contributed by atoms with Crippen molar-refractivity contribution in [2.45, 2.75) is 13.0 Å². The van der Waals surface area contributed by atoms with Gasteiger partial charge in [-0.25, -0.2) is 4.39 Å². The molecule has 1 unspecified atom stereocenters. The summed E-state index contributed by atoms with van der Waals surface area (Å²) in [7, 11) is 0. The molecule has 0 fully saturated rings. The number of rotatable bonds is 4. The summed E-state index contributed by atoms with van der Waals surface area (Å²) in [6.07, 6.45) is 4.95. The minimum absolute atomic E-state index is 0.0375. The lowest BCUT2D eigenvalue weighted by atomic mass is 10.1. The zero-order chi connectivity index (χ0) is 20.8. The van der Waals surface area contributed by atoms with Gasteiger partial charge < -0.3 is 9.82 Å². The van der Waals surface area contributed by atoms with E-state index in [1.807, 2.05) is 30.6 Å². The summed E-state index contributed by atoms with van der Waals surface area (Å²) in [6, 6.07) is 14.8. The molecule has 0 amide bonds. The Morgan fingerprint density at radius 3 is 2.80 bits per heavy atom. The first-order chi connectivity index (χ1) is 14.5. The monoisotopic (exact) mass is 439 g/mol. The smallest absolute Gasteiger partial charge is 0.150 e. The molecular weight excluding hydrogens is 424 g/mol. The second-order valence-corrected chi connectivity index (χ2v) is 7.84. The summed E-state index contributed by atoms with van der Waals surface area (Å²) in [5.41, 5.74) is 5.02. The number of nitrogens with zero attached hydrogens (tertiary/aromatic N) is 2. The van der Waals surface area contributed by atoms with Crippen molar-refractivity contribution in [1.29, 1.82) is 0 Å². The van der Waals surface area contributed by atoms with Crippen LogP contribution in [-0.2, 0) is 0 Å². The Hall–Kier alpha value is -3.02. The van der Waals surface area contributed by atoms with Crippen molar-refractivity contribution in [1.82, 2.24) is 14.7 Å². The average molecular weight is 440 g/mol. The van der Waals surface area contributed by atoms with Gasteiger partial charge in [0.1, 0.15) is 11.3 Å². The summed E-state index contributed by atoms with van der Waals surface area (Å²) in [4.78, 5) is 13.8. The fourth-order valence-corrected chi connectivity index (χ4v) is 4.28. The first-order valence-electron chi connectivity index (χ1n) is 9.36. The van der Waals surface area contributed by atoms with Crippen LogP contribution in [0.2, 0.25) is 10.0 Å². The van der Waals surface area contributed by atoms with Crippen LogP contribution in [0.3, 0.4) is 0 Å². The first-order valence-corrected chi connectivity index (χ1v) is 10.1. The van der Waals surface area contributed by atoms with E-state index in [1.54, 1.807) is 17.9 Å².